The SMILES string of the molecule is CCCCCCCCCCCCCCCCCC(=O)OO.[LiH]. The van der Waals surface area contributed by atoms with Gasteiger partial charge in [-0.25, -0.2) is 4.79 Å². The molecule has 0 aliphatic carbocycles. The van der Waals surface area contributed by atoms with Crippen molar-refractivity contribution in [1.29, 1.82) is 0 Å². The molecule has 0 atom stereocenters. The summed E-state index contributed by atoms with van der Waals surface area (Å²) >= 11 is 0. The molecule has 22 heavy (non-hydrogen) atoms. The number of carbonyl (C=O) groups excluding carboxylic acids is 1. The van der Waals surface area contributed by atoms with Crippen molar-refractivity contribution in [3.63, 3.8) is 0 Å². The summed E-state index contributed by atoms with van der Waals surface area (Å²) in [4.78, 5) is 14.3. The summed E-state index contributed by atoms with van der Waals surface area (Å²) < 4.78 is 0. The maximum atomic E-state index is 10.7. The first-order valence-electron chi connectivity index (χ1n) is 9.15. The van der Waals surface area contributed by atoms with Crippen LogP contribution in [0.3, 0.4) is 0 Å². The first-order valence-corrected chi connectivity index (χ1v) is 9.15. The predicted molar refractivity (Wildman–Crippen MR) is 95.4 cm³/mol. The van der Waals surface area contributed by atoms with E-state index in [0.717, 1.165) is 12.8 Å². The number of hydrogen-bond donors (Lipinski definition) is 1. The topological polar surface area (TPSA) is 46.5 Å². The van der Waals surface area contributed by atoms with Gasteiger partial charge in [-0.1, -0.05) is 96.8 Å². The molecule has 0 rings (SSSR count). The van der Waals surface area contributed by atoms with E-state index in [9.17, 15) is 4.79 Å². The van der Waals surface area contributed by atoms with E-state index in [0.29, 0.717) is 6.42 Å². The van der Waals surface area contributed by atoms with Crippen molar-refractivity contribution in [1.82, 2.24) is 0 Å². The number of hydrogen-bond acceptors (Lipinski definition) is 3. The van der Waals surface area contributed by atoms with Crippen molar-refractivity contribution in [2.75, 3.05) is 0 Å². The molecular weight excluding hydrogens is 271 g/mol. The Labute approximate surface area is 149 Å². The van der Waals surface area contributed by atoms with Crippen molar-refractivity contribution in [2.45, 2.75) is 110 Å². The second-order valence-electron chi connectivity index (χ2n) is 6.16. The van der Waals surface area contributed by atoms with Gasteiger partial charge in [-0.05, 0) is 6.42 Å². The molecule has 0 saturated carbocycles. The quantitative estimate of drug-likeness (QED) is 0.174. The van der Waals surface area contributed by atoms with Crippen LogP contribution >= 0.6 is 0 Å². The summed E-state index contributed by atoms with van der Waals surface area (Å²) in [6, 6.07) is 0. The Morgan fingerprint density at radius 2 is 1.00 bits per heavy atom. The Morgan fingerprint density at radius 1 is 0.682 bits per heavy atom. The molecule has 0 aromatic rings. The van der Waals surface area contributed by atoms with E-state index in [1.165, 1.54) is 83.5 Å². The third-order valence-corrected chi connectivity index (χ3v) is 4.09. The third kappa shape index (κ3) is 20.0. The van der Waals surface area contributed by atoms with Gasteiger partial charge < -0.3 is 4.89 Å². The van der Waals surface area contributed by atoms with Gasteiger partial charge in [0.25, 0.3) is 0 Å². The Bertz CT molecular complexity index is 222. The van der Waals surface area contributed by atoms with Crippen LogP contribution in [0.25, 0.3) is 0 Å². The van der Waals surface area contributed by atoms with E-state index < -0.39 is 5.97 Å². The molecule has 3 nitrogen and oxygen atoms in total. The van der Waals surface area contributed by atoms with E-state index in [1.54, 1.807) is 0 Å². The van der Waals surface area contributed by atoms with Crippen molar-refractivity contribution in [2.24, 2.45) is 0 Å². The van der Waals surface area contributed by atoms with Gasteiger partial charge in [-0.15, -0.1) is 0 Å². The van der Waals surface area contributed by atoms with Crippen LogP contribution in [-0.2, 0) is 9.68 Å². The van der Waals surface area contributed by atoms with Crippen LogP contribution in [0.15, 0.2) is 0 Å². The normalized spacial score (nSPS) is 10.3. The second-order valence-corrected chi connectivity index (χ2v) is 6.16. The second kappa shape index (κ2) is 21.0. The van der Waals surface area contributed by atoms with Crippen molar-refractivity contribution >= 4 is 24.8 Å². The molecule has 0 aliphatic rings. The van der Waals surface area contributed by atoms with Gasteiger partial charge >= 0.3 is 24.8 Å². The van der Waals surface area contributed by atoms with E-state index in [1.807, 2.05) is 0 Å². The zero-order valence-corrected chi connectivity index (χ0v) is 14.1. The molecule has 0 amide bonds. The van der Waals surface area contributed by atoms with E-state index in [-0.39, 0.29) is 18.9 Å². The summed E-state index contributed by atoms with van der Waals surface area (Å²) in [6.45, 7) is 2.27. The van der Waals surface area contributed by atoms with Crippen molar-refractivity contribution < 1.29 is 14.9 Å². The first-order chi connectivity index (χ1) is 10.3. The minimum absolute atomic E-state index is 0. The van der Waals surface area contributed by atoms with Gasteiger partial charge in [0.1, 0.15) is 0 Å². The van der Waals surface area contributed by atoms with Crippen LogP contribution in [0.4, 0.5) is 0 Å². The van der Waals surface area contributed by atoms with Gasteiger partial charge in [-0.3, -0.25) is 0 Å². The third-order valence-electron chi connectivity index (χ3n) is 4.09. The van der Waals surface area contributed by atoms with Gasteiger partial charge in [0.2, 0.25) is 0 Å². The summed E-state index contributed by atoms with van der Waals surface area (Å²) in [5.74, 6) is -0.510. The predicted octanol–water partition coefficient (Wildman–Crippen LogP) is 5.62. The molecule has 0 unspecified atom stereocenters. The van der Waals surface area contributed by atoms with Gasteiger partial charge in [-0.2, -0.15) is 5.26 Å². The fraction of sp³-hybridized carbons (Fsp3) is 0.944. The average molecular weight is 308 g/mol. The van der Waals surface area contributed by atoms with E-state index in [2.05, 4.69) is 11.8 Å². The molecule has 0 fully saturated rings. The van der Waals surface area contributed by atoms with Gasteiger partial charge in [0, 0.05) is 6.42 Å². The summed E-state index contributed by atoms with van der Waals surface area (Å²) in [6.07, 6.45) is 20.0. The van der Waals surface area contributed by atoms with Crippen molar-refractivity contribution in [3.05, 3.63) is 0 Å². The molecular formula is C18H37LiO3. The fourth-order valence-corrected chi connectivity index (χ4v) is 2.69. The van der Waals surface area contributed by atoms with Crippen LogP contribution in [0, 0.1) is 0 Å². The summed E-state index contributed by atoms with van der Waals surface area (Å²) in [5.41, 5.74) is 0. The summed E-state index contributed by atoms with van der Waals surface area (Å²) in [5, 5.41) is 8.10. The molecule has 0 aliphatic heterocycles. The Morgan fingerprint density at radius 3 is 1.32 bits per heavy atom. The van der Waals surface area contributed by atoms with Crippen LogP contribution in [-0.4, -0.2) is 30.1 Å². The molecule has 0 aromatic heterocycles. The van der Waals surface area contributed by atoms with Gasteiger partial charge in [0.05, 0.1) is 0 Å². The molecule has 0 bridgehead atoms. The van der Waals surface area contributed by atoms with Crippen LogP contribution in [0.2, 0.25) is 0 Å². The molecule has 0 radical (unpaired) electrons. The Kier molecular flexibility index (Phi) is 23.2. The molecule has 0 heterocycles. The van der Waals surface area contributed by atoms with E-state index in [4.69, 9.17) is 5.26 Å². The number of unbranched alkanes of at least 4 members (excludes halogenated alkanes) is 14. The van der Waals surface area contributed by atoms with Crippen LogP contribution < -0.4 is 0 Å². The zero-order valence-electron chi connectivity index (χ0n) is 14.1. The van der Waals surface area contributed by atoms with Crippen LogP contribution in [0.1, 0.15) is 110 Å². The fourth-order valence-electron chi connectivity index (χ4n) is 2.69. The molecule has 0 saturated heterocycles. The molecule has 128 valence electrons. The minimum atomic E-state index is -0.510. The zero-order chi connectivity index (χ0) is 15.6. The number of rotatable bonds is 16. The molecule has 1 N–H and O–H groups in total. The summed E-state index contributed by atoms with van der Waals surface area (Å²) in [7, 11) is 0. The molecule has 4 heteroatoms. The van der Waals surface area contributed by atoms with E-state index >= 15 is 0 Å². The Hall–Kier alpha value is 0.0274. The van der Waals surface area contributed by atoms with Crippen LogP contribution in [0.5, 0.6) is 0 Å². The number of carbonyl (C=O) groups is 1. The molecule has 0 spiro atoms. The van der Waals surface area contributed by atoms with Gasteiger partial charge in [0.15, 0.2) is 0 Å². The molecule has 0 aromatic carbocycles. The maximum absolute atomic E-state index is 10.7. The monoisotopic (exact) mass is 308 g/mol. The Balaban J connectivity index is 0. The standard InChI is InChI=1S/C18H36O3.Li.H/c1-2-3-4-5-6-7-8-9-10-11-12-13-14-15-16-17-18(19)21-20;;/h20H,2-17H2,1H3;;. The average Bonchev–Trinajstić information content (AvgIpc) is 2.50. The van der Waals surface area contributed by atoms with Crippen molar-refractivity contribution in [3.8, 4) is 0 Å². The first kappa shape index (κ1) is 24.3.